The second kappa shape index (κ2) is 4.40. The highest BCUT2D eigenvalue weighted by Gasteiger charge is 2.53. The predicted octanol–water partition coefficient (Wildman–Crippen LogP) is 1.51. The Kier molecular flexibility index (Phi) is 3.25. The Bertz CT molecular complexity index is 314. The van der Waals surface area contributed by atoms with Crippen LogP contribution in [0.2, 0.25) is 0 Å². The topological polar surface area (TPSA) is 50.4 Å². The summed E-state index contributed by atoms with van der Waals surface area (Å²) < 4.78 is 29.9. The first-order valence-corrected chi connectivity index (χ1v) is 5.95. The van der Waals surface area contributed by atoms with Crippen molar-refractivity contribution in [2.75, 3.05) is 6.61 Å². The highest BCUT2D eigenvalue weighted by atomic mass is 19.3. The SMILES string of the molecule is CCO[C@@]1(C)C[C@H]1NC(=O)N[C@H]1C[C@H]1C(F)F. The van der Waals surface area contributed by atoms with Gasteiger partial charge in [0.25, 0.3) is 0 Å². The maximum atomic E-state index is 12.2. The highest BCUT2D eigenvalue weighted by Crippen LogP contribution is 2.40. The maximum Gasteiger partial charge on any atom is 0.315 e. The molecule has 0 heterocycles. The molecule has 2 fully saturated rings. The number of hydrogen-bond acceptors (Lipinski definition) is 2. The van der Waals surface area contributed by atoms with E-state index in [0.717, 1.165) is 6.42 Å². The van der Waals surface area contributed by atoms with Crippen LogP contribution in [-0.2, 0) is 4.74 Å². The first kappa shape index (κ1) is 12.5. The van der Waals surface area contributed by atoms with Crippen LogP contribution in [0, 0.1) is 5.92 Å². The van der Waals surface area contributed by atoms with Gasteiger partial charge in [0.2, 0.25) is 6.43 Å². The quantitative estimate of drug-likeness (QED) is 0.774. The van der Waals surface area contributed by atoms with E-state index in [9.17, 15) is 13.6 Å². The normalized spacial score (nSPS) is 39.0. The molecule has 0 saturated heterocycles. The van der Waals surface area contributed by atoms with Crippen molar-refractivity contribution in [3.8, 4) is 0 Å². The number of nitrogens with one attached hydrogen (secondary N) is 2. The molecule has 0 bridgehead atoms. The van der Waals surface area contributed by atoms with Gasteiger partial charge in [-0.05, 0) is 20.3 Å². The summed E-state index contributed by atoms with van der Waals surface area (Å²) >= 11 is 0. The van der Waals surface area contributed by atoms with Crippen LogP contribution in [0.5, 0.6) is 0 Å². The van der Waals surface area contributed by atoms with Gasteiger partial charge in [0.15, 0.2) is 0 Å². The summed E-state index contributed by atoms with van der Waals surface area (Å²) in [6.45, 7) is 4.44. The molecule has 6 heteroatoms. The van der Waals surface area contributed by atoms with E-state index >= 15 is 0 Å². The first-order chi connectivity index (χ1) is 7.96. The van der Waals surface area contributed by atoms with Crippen molar-refractivity contribution >= 4 is 6.03 Å². The zero-order chi connectivity index (χ0) is 12.6. The minimum atomic E-state index is -2.34. The number of ether oxygens (including phenoxy) is 1. The molecule has 0 aromatic rings. The third kappa shape index (κ3) is 2.86. The zero-order valence-corrected chi connectivity index (χ0v) is 10.0. The number of amides is 2. The van der Waals surface area contributed by atoms with E-state index in [-0.39, 0.29) is 23.7 Å². The summed E-state index contributed by atoms with van der Waals surface area (Å²) in [6.07, 6.45) is -1.19. The molecule has 98 valence electrons. The van der Waals surface area contributed by atoms with Crippen molar-refractivity contribution < 1.29 is 18.3 Å². The van der Waals surface area contributed by atoms with Crippen molar-refractivity contribution in [3.63, 3.8) is 0 Å². The third-order valence-electron chi connectivity index (χ3n) is 3.45. The fourth-order valence-corrected chi connectivity index (χ4v) is 2.07. The van der Waals surface area contributed by atoms with Gasteiger partial charge in [-0.15, -0.1) is 0 Å². The smallest absolute Gasteiger partial charge is 0.315 e. The molecular weight excluding hydrogens is 230 g/mol. The molecule has 2 saturated carbocycles. The van der Waals surface area contributed by atoms with Crippen molar-refractivity contribution in [1.82, 2.24) is 10.6 Å². The second-order valence-electron chi connectivity index (χ2n) is 4.96. The van der Waals surface area contributed by atoms with Crippen LogP contribution in [-0.4, -0.2) is 36.7 Å². The van der Waals surface area contributed by atoms with Gasteiger partial charge in [-0.25, -0.2) is 13.6 Å². The molecule has 0 aromatic heterocycles. The Balaban J connectivity index is 1.67. The van der Waals surface area contributed by atoms with E-state index in [1.165, 1.54) is 0 Å². The molecule has 17 heavy (non-hydrogen) atoms. The van der Waals surface area contributed by atoms with Crippen LogP contribution in [0.3, 0.4) is 0 Å². The van der Waals surface area contributed by atoms with Crippen LogP contribution < -0.4 is 10.6 Å². The van der Waals surface area contributed by atoms with E-state index in [1.54, 1.807) is 0 Å². The summed E-state index contributed by atoms with van der Waals surface area (Å²) in [6, 6.07) is -0.745. The number of halogens is 2. The lowest BCUT2D eigenvalue weighted by molar-refractivity contribution is 0.0492. The third-order valence-corrected chi connectivity index (χ3v) is 3.45. The number of rotatable bonds is 5. The van der Waals surface area contributed by atoms with Gasteiger partial charge >= 0.3 is 6.03 Å². The van der Waals surface area contributed by atoms with Gasteiger partial charge in [0.1, 0.15) is 0 Å². The molecule has 2 aliphatic carbocycles. The summed E-state index contributed by atoms with van der Waals surface area (Å²) in [5.41, 5.74) is -0.280. The summed E-state index contributed by atoms with van der Waals surface area (Å²) in [4.78, 5) is 11.5. The number of carbonyl (C=O) groups excluding carboxylic acids is 1. The summed E-state index contributed by atoms with van der Waals surface area (Å²) in [5, 5.41) is 5.29. The molecule has 2 aliphatic rings. The molecule has 4 atom stereocenters. The van der Waals surface area contributed by atoms with Crippen LogP contribution in [0.4, 0.5) is 13.6 Å². The van der Waals surface area contributed by atoms with Crippen molar-refractivity contribution in [3.05, 3.63) is 0 Å². The lowest BCUT2D eigenvalue weighted by atomic mass is 10.4. The Morgan fingerprint density at radius 2 is 2.24 bits per heavy atom. The molecular formula is C11H18F2N2O2. The molecule has 2 N–H and O–H groups in total. The van der Waals surface area contributed by atoms with Crippen molar-refractivity contribution in [2.45, 2.75) is 50.8 Å². The van der Waals surface area contributed by atoms with E-state index in [4.69, 9.17) is 4.74 Å². The molecule has 0 unspecified atom stereocenters. The number of urea groups is 1. The lowest BCUT2D eigenvalue weighted by Gasteiger charge is -2.12. The number of alkyl halides is 2. The van der Waals surface area contributed by atoms with Crippen LogP contribution in [0.25, 0.3) is 0 Å². The Morgan fingerprint density at radius 3 is 2.76 bits per heavy atom. The first-order valence-electron chi connectivity index (χ1n) is 5.95. The maximum absolute atomic E-state index is 12.2. The minimum absolute atomic E-state index is 0.00815. The van der Waals surface area contributed by atoms with Gasteiger partial charge in [-0.3, -0.25) is 0 Å². The molecule has 0 aliphatic heterocycles. The fourth-order valence-electron chi connectivity index (χ4n) is 2.07. The van der Waals surface area contributed by atoms with Gasteiger partial charge < -0.3 is 15.4 Å². The van der Waals surface area contributed by atoms with Gasteiger partial charge in [0, 0.05) is 25.0 Å². The molecule has 2 amide bonds. The fraction of sp³-hybridized carbons (Fsp3) is 0.909. The largest absolute Gasteiger partial charge is 0.373 e. The zero-order valence-electron chi connectivity index (χ0n) is 10.0. The number of hydrogen-bond donors (Lipinski definition) is 2. The standard InChI is InChI=1S/C11H18F2N2O2/c1-3-17-11(2)5-8(11)15-10(16)14-7-4-6(7)9(12)13/h6-9H,3-5H2,1-2H3,(H2,14,15,16)/t6-,7+,8-,11+/m1/s1. The van der Waals surface area contributed by atoms with Crippen LogP contribution in [0.15, 0.2) is 0 Å². The van der Waals surface area contributed by atoms with Crippen molar-refractivity contribution in [1.29, 1.82) is 0 Å². The Morgan fingerprint density at radius 1 is 1.53 bits per heavy atom. The summed E-state index contributed by atoms with van der Waals surface area (Å²) in [5.74, 6) is -0.668. The monoisotopic (exact) mass is 248 g/mol. The molecule has 0 aromatic carbocycles. The van der Waals surface area contributed by atoms with Crippen molar-refractivity contribution in [2.24, 2.45) is 5.92 Å². The van der Waals surface area contributed by atoms with Gasteiger partial charge in [-0.1, -0.05) is 0 Å². The summed E-state index contributed by atoms with van der Waals surface area (Å²) in [7, 11) is 0. The average Bonchev–Trinajstić information content (AvgIpc) is 3.07. The van der Waals surface area contributed by atoms with E-state index in [0.29, 0.717) is 13.0 Å². The van der Waals surface area contributed by atoms with Crippen LogP contribution >= 0.6 is 0 Å². The van der Waals surface area contributed by atoms with Gasteiger partial charge in [-0.2, -0.15) is 0 Å². The lowest BCUT2D eigenvalue weighted by Crippen LogP contribution is -2.41. The minimum Gasteiger partial charge on any atom is -0.373 e. The average molecular weight is 248 g/mol. The highest BCUT2D eigenvalue weighted by molar-refractivity contribution is 5.75. The molecule has 0 radical (unpaired) electrons. The second-order valence-corrected chi connectivity index (χ2v) is 4.96. The van der Waals surface area contributed by atoms with E-state index in [1.807, 2.05) is 13.8 Å². The Labute approximate surface area is 99.1 Å². The molecule has 4 nitrogen and oxygen atoms in total. The van der Waals surface area contributed by atoms with E-state index in [2.05, 4.69) is 10.6 Å². The number of carbonyl (C=O) groups is 1. The molecule has 2 rings (SSSR count). The van der Waals surface area contributed by atoms with Crippen LogP contribution in [0.1, 0.15) is 26.7 Å². The molecule has 0 spiro atoms. The Hall–Kier alpha value is -0.910. The predicted molar refractivity (Wildman–Crippen MR) is 58.0 cm³/mol. The van der Waals surface area contributed by atoms with E-state index < -0.39 is 12.3 Å². The van der Waals surface area contributed by atoms with Gasteiger partial charge in [0.05, 0.1) is 11.6 Å².